The number of benzene rings is 3. The lowest BCUT2D eigenvalue weighted by Crippen LogP contribution is -2.22. The number of rotatable bonds is 8. The van der Waals surface area contributed by atoms with E-state index in [0.29, 0.717) is 0 Å². The highest BCUT2D eigenvalue weighted by molar-refractivity contribution is 7.14. The molecule has 0 spiro atoms. The van der Waals surface area contributed by atoms with Crippen molar-refractivity contribution < 1.29 is 4.79 Å². The Balaban J connectivity index is 1.53. The van der Waals surface area contributed by atoms with Crippen molar-refractivity contribution in [2.24, 2.45) is 0 Å². The number of carbonyl (C=O) groups is 1. The minimum atomic E-state index is -0.368. The van der Waals surface area contributed by atoms with E-state index in [0.717, 1.165) is 46.3 Å². The van der Waals surface area contributed by atoms with Crippen LogP contribution in [0, 0.1) is 0 Å². The summed E-state index contributed by atoms with van der Waals surface area (Å²) >= 11 is 1.66. The van der Waals surface area contributed by atoms with Gasteiger partial charge in [0.25, 0.3) is 0 Å². The van der Waals surface area contributed by atoms with Crippen molar-refractivity contribution in [1.82, 2.24) is 4.98 Å². The van der Waals surface area contributed by atoms with E-state index in [1.807, 2.05) is 84.9 Å². The van der Waals surface area contributed by atoms with Gasteiger partial charge in [-0.1, -0.05) is 72.8 Å². The molecule has 0 fully saturated rings. The summed E-state index contributed by atoms with van der Waals surface area (Å²) in [7, 11) is 0. The van der Waals surface area contributed by atoms with Gasteiger partial charge in [-0.3, -0.25) is 4.79 Å². The molecule has 0 unspecified atom stereocenters. The van der Waals surface area contributed by atoms with Gasteiger partial charge in [0.1, 0.15) is 0 Å². The number of carbonyl (C=O) groups excluding carboxylic acids is 1. The Kier molecular flexibility index (Phi) is 6.97. The number of nitrogens with one attached hydrogen (secondary N) is 1. The fraction of sp³-hybridized carbons (Fsp3) is 0.185. The van der Waals surface area contributed by atoms with Crippen LogP contribution in [0.4, 0.5) is 10.8 Å². The molecule has 0 radical (unpaired) electrons. The minimum absolute atomic E-state index is 0.0485. The molecule has 1 N–H and O–H groups in total. The Morgan fingerprint density at radius 3 is 1.97 bits per heavy atom. The Bertz CT molecular complexity index is 1100. The molecule has 0 saturated carbocycles. The Hall–Kier alpha value is -3.44. The first-order valence-electron chi connectivity index (χ1n) is 10.9. The fourth-order valence-electron chi connectivity index (χ4n) is 3.76. The third-order valence-corrected chi connectivity index (χ3v) is 6.40. The number of aromatic nitrogens is 1. The molecule has 5 heteroatoms. The third kappa shape index (κ3) is 4.89. The summed E-state index contributed by atoms with van der Waals surface area (Å²) in [4.78, 5) is 20.3. The molecule has 0 aliphatic rings. The lowest BCUT2D eigenvalue weighted by Gasteiger charge is -2.18. The highest BCUT2D eigenvalue weighted by Crippen LogP contribution is 2.29. The molecule has 0 bridgehead atoms. The van der Waals surface area contributed by atoms with Crippen molar-refractivity contribution in [1.29, 1.82) is 0 Å². The van der Waals surface area contributed by atoms with Gasteiger partial charge in [0.15, 0.2) is 5.13 Å². The van der Waals surface area contributed by atoms with E-state index in [-0.39, 0.29) is 11.8 Å². The second-order valence-corrected chi connectivity index (χ2v) is 8.35. The van der Waals surface area contributed by atoms with E-state index in [2.05, 4.69) is 29.4 Å². The number of hydrogen-bond acceptors (Lipinski definition) is 4. The second-order valence-electron chi connectivity index (χ2n) is 7.51. The molecular weight excluding hydrogens is 414 g/mol. The molecule has 4 nitrogen and oxygen atoms in total. The molecule has 0 atom stereocenters. The van der Waals surface area contributed by atoms with Crippen molar-refractivity contribution in [3.8, 4) is 11.3 Å². The summed E-state index contributed by atoms with van der Waals surface area (Å²) in [6.07, 6.45) is 0. The molecule has 0 aliphatic heterocycles. The van der Waals surface area contributed by atoms with Crippen LogP contribution >= 0.6 is 11.3 Å². The van der Waals surface area contributed by atoms with Gasteiger partial charge in [0.05, 0.1) is 11.6 Å². The smallest absolute Gasteiger partial charge is 0.236 e. The van der Waals surface area contributed by atoms with Crippen LogP contribution in [0.2, 0.25) is 0 Å². The fourth-order valence-corrected chi connectivity index (χ4v) is 4.73. The van der Waals surface area contributed by atoms with E-state index < -0.39 is 0 Å². The van der Waals surface area contributed by atoms with Gasteiger partial charge in [-0.2, -0.15) is 0 Å². The van der Waals surface area contributed by atoms with E-state index in [9.17, 15) is 4.79 Å². The van der Waals surface area contributed by atoms with Crippen LogP contribution in [0.3, 0.4) is 0 Å². The average Bonchev–Trinajstić information content (AvgIpc) is 3.32. The normalized spacial score (nSPS) is 10.8. The maximum atomic E-state index is 13.3. The SMILES string of the molecule is CCN(CC)c1nc(-c2ccc(NC(=O)C(c3ccccc3)c3ccccc3)cc2)cs1. The number of thiazole rings is 1. The van der Waals surface area contributed by atoms with E-state index in [1.54, 1.807) is 11.3 Å². The van der Waals surface area contributed by atoms with Gasteiger partial charge in [0.2, 0.25) is 5.91 Å². The molecule has 1 aromatic heterocycles. The Morgan fingerprint density at radius 2 is 1.44 bits per heavy atom. The molecule has 162 valence electrons. The monoisotopic (exact) mass is 441 g/mol. The van der Waals surface area contributed by atoms with Gasteiger partial charge in [-0.15, -0.1) is 11.3 Å². The molecule has 1 amide bonds. The van der Waals surface area contributed by atoms with E-state index in [1.165, 1.54) is 0 Å². The number of hydrogen-bond donors (Lipinski definition) is 1. The first kappa shape index (κ1) is 21.8. The van der Waals surface area contributed by atoms with Crippen molar-refractivity contribution in [2.75, 3.05) is 23.3 Å². The Morgan fingerprint density at radius 1 is 0.875 bits per heavy atom. The predicted molar refractivity (Wildman–Crippen MR) is 134 cm³/mol. The van der Waals surface area contributed by atoms with Crippen molar-refractivity contribution in [3.63, 3.8) is 0 Å². The van der Waals surface area contributed by atoms with Gasteiger partial charge in [-0.05, 0) is 37.1 Å². The summed E-state index contributed by atoms with van der Waals surface area (Å²) in [5.74, 6) is -0.417. The highest BCUT2D eigenvalue weighted by Gasteiger charge is 2.22. The van der Waals surface area contributed by atoms with Gasteiger partial charge in [-0.25, -0.2) is 4.98 Å². The molecule has 3 aromatic carbocycles. The Labute approximate surface area is 193 Å². The molecule has 32 heavy (non-hydrogen) atoms. The quantitative estimate of drug-likeness (QED) is 0.343. The first-order valence-corrected chi connectivity index (χ1v) is 11.8. The zero-order valence-corrected chi connectivity index (χ0v) is 19.2. The van der Waals surface area contributed by atoms with Crippen molar-refractivity contribution in [2.45, 2.75) is 19.8 Å². The van der Waals surface area contributed by atoms with Crippen LogP contribution in [0.1, 0.15) is 30.9 Å². The van der Waals surface area contributed by atoms with Crippen molar-refractivity contribution in [3.05, 3.63) is 101 Å². The topological polar surface area (TPSA) is 45.2 Å². The van der Waals surface area contributed by atoms with Crippen LogP contribution in [-0.4, -0.2) is 24.0 Å². The number of anilines is 2. The summed E-state index contributed by atoms with van der Waals surface area (Å²) in [5, 5.41) is 6.22. The van der Waals surface area contributed by atoms with Crippen LogP contribution < -0.4 is 10.2 Å². The summed E-state index contributed by atoms with van der Waals surface area (Å²) in [5.41, 5.74) is 4.72. The molecule has 0 aliphatic carbocycles. The number of amides is 1. The molecule has 4 rings (SSSR count). The largest absolute Gasteiger partial charge is 0.349 e. The van der Waals surface area contributed by atoms with Crippen LogP contribution in [0.5, 0.6) is 0 Å². The van der Waals surface area contributed by atoms with Gasteiger partial charge < -0.3 is 10.2 Å². The maximum absolute atomic E-state index is 13.3. The summed E-state index contributed by atoms with van der Waals surface area (Å²) in [6.45, 7) is 6.16. The minimum Gasteiger partial charge on any atom is -0.349 e. The third-order valence-electron chi connectivity index (χ3n) is 5.50. The predicted octanol–water partition coefficient (Wildman–Crippen LogP) is 6.43. The first-order chi connectivity index (χ1) is 15.7. The zero-order chi connectivity index (χ0) is 22.3. The highest BCUT2D eigenvalue weighted by atomic mass is 32.1. The second kappa shape index (κ2) is 10.2. The van der Waals surface area contributed by atoms with Crippen molar-refractivity contribution >= 4 is 28.1 Å². The lowest BCUT2D eigenvalue weighted by atomic mass is 9.90. The van der Waals surface area contributed by atoms with Crippen LogP contribution in [-0.2, 0) is 4.79 Å². The lowest BCUT2D eigenvalue weighted by molar-refractivity contribution is -0.116. The summed E-state index contributed by atoms with van der Waals surface area (Å²) in [6, 6.07) is 27.7. The van der Waals surface area contributed by atoms with Crippen LogP contribution in [0.25, 0.3) is 11.3 Å². The van der Waals surface area contributed by atoms with Crippen LogP contribution in [0.15, 0.2) is 90.3 Å². The number of nitrogens with zero attached hydrogens (tertiary/aromatic N) is 2. The van der Waals surface area contributed by atoms with Gasteiger partial charge >= 0.3 is 0 Å². The standard InChI is InChI=1S/C27H27N3OS/c1-3-30(4-2)27-29-24(19-32-27)20-15-17-23(18-16-20)28-26(31)25(21-11-7-5-8-12-21)22-13-9-6-10-14-22/h5-19,25H,3-4H2,1-2H3,(H,28,31). The van der Waals surface area contributed by atoms with Gasteiger partial charge in [0, 0.05) is 29.7 Å². The molecule has 4 aromatic rings. The average molecular weight is 442 g/mol. The maximum Gasteiger partial charge on any atom is 0.236 e. The van der Waals surface area contributed by atoms with E-state index >= 15 is 0 Å². The zero-order valence-electron chi connectivity index (χ0n) is 18.4. The molecule has 1 heterocycles. The summed E-state index contributed by atoms with van der Waals surface area (Å²) < 4.78 is 0. The molecule has 0 saturated heterocycles. The molecular formula is C27H27N3OS. The van der Waals surface area contributed by atoms with E-state index in [4.69, 9.17) is 4.98 Å².